The van der Waals surface area contributed by atoms with Crippen LogP contribution in [0.2, 0.25) is 0 Å². The van der Waals surface area contributed by atoms with E-state index in [1.807, 2.05) is 0 Å². The quantitative estimate of drug-likeness (QED) is 0.646. The lowest BCUT2D eigenvalue weighted by Gasteiger charge is -2.21. The van der Waals surface area contributed by atoms with Crippen molar-refractivity contribution in [2.75, 3.05) is 13.8 Å². The van der Waals surface area contributed by atoms with Crippen molar-refractivity contribution in [2.24, 2.45) is 4.99 Å². The topological polar surface area (TPSA) is 54.9 Å². The molecular formula is C18H18F3N3O2. The van der Waals surface area contributed by atoms with Gasteiger partial charge in [-0.1, -0.05) is 0 Å². The molecular weight excluding hydrogens is 347 g/mol. The predicted octanol–water partition coefficient (Wildman–Crippen LogP) is 2.84. The molecule has 0 fully saturated rings. The summed E-state index contributed by atoms with van der Waals surface area (Å²) in [7, 11) is 1.54. The van der Waals surface area contributed by atoms with Crippen LogP contribution in [0.1, 0.15) is 16.7 Å². The minimum atomic E-state index is -0.517. The molecule has 1 aliphatic heterocycles. The Balaban J connectivity index is 1.65. The zero-order valence-electron chi connectivity index (χ0n) is 14.1. The maximum Gasteiger partial charge on any atom is 0.191 e. The van der Waals surface area contributed by atoms with Crippen LogP contribution in [0, 0.1) is 17.5 Å². The third-order valence-electron chi connectivity index (χ3n) is 3.88. The number of nitrogens with zero attached hydrogens (tertiary/aromatic N) is 1. The maximum absolute atomic E-state index is 13.8. The number of ether oxygens (including phenoxy) is 2. The van der Waals surface area contributed by atoms with Crippen molar-refractivity contribution in [2.45, 2.75) is 19.7 Å². The number of hydrogen-bond acceptors (Lipinski definition) is 3. The Morgan fingerprint density at radius 2 is 1.77 bits per heavy atom. The molecule has 5 nitrogen and oxygen atoms in total. The van der Waals surface area contributed by atoms with Crippen molar-refractivity contribution in [3.8, 4) is 5.75 Å². The fourth-order valence-corrected chi connectivity index (χ4v) is 2.65. The van der Waals surface area contributed by atoms with Gasteiger partial charge in [0.05, 0.1) is 6.61 Å². The van der Waals surface area contributed by atoms with Gasteiger partial charge in [-0.2, -0.15) is 0 Å². The molecule has 0 saturated heterocycles. The van der Waals surface area contributed by atoms with E-state index in [1.165, 1.54) is 12.1 Å². The smallest absolute Gasteiger partial charge is 0.191 e. The van der Waals surface area contributed by atoms with Gasteiger partial charge >= 0.3 is 0 Å². The van der Waals surface area contributed by atoms with E-state index in [4.69, 9.17) is 9.47 Å². The second-order valence-electron chi connectivity index (χ2n) is 5.68. The van der Waals surface area contributed by atoms with Crippen molar-refractivity contribution in [1.29, 1.82) is 0 Å². The molecule has 1 heterocycles. The van der Waals surface area contributed by atoms with Crippen LogP contribution in [0.15, 0.2) is 35.3 Å². The molecule has 0 bridgehead atoms. The number of benzene rings is 2. The highest BCUT2D eigenvalue weighted by Gasteiger charge is 2.17. The molecule has 8 heteroatoms. The molecule has 0 spiro atoms. The summed E-state index contributed by atoms with van der Waals surface area (Å²) in [6, 6.07) is 5.99. The number of guanidine groups is 1. The summed E-state index contributed by atoms with van der Waals surface area (Å²) in [5, 5.41) is 5.89. The first-order valence-electron chi connectivity index (χ1n) is 7.97. The third kappa shape index (κ3) is 4.26. The summed E-state index contributed by atoms with van der Waals surface area (Å²) in [5.41, 5.74) is 1.43. The van der Waals surface area contributed by atoms with Crippen LogP contribution in [0.3, 0.4) is 0 Å². The van der Waals surface area contributed by atoms with Crippen molar-refractivity contribution in [3.63, 3.8) is 0 Å². The summed E-state index contributed by atoms with van der Waals surface area (Å²) in [4.78, 5) is 4.02. The molecule has 0 amide bonds. The lowest BCUT2D eigenvalue weighted by atomic mass is 10.1. The van der Waals surface area contributed by atoms with Crippen LogP contribution in [0.25, 0.3) is 0 Å². The fraction of sp³-hybridized carbons (Fsp3) is 0.278. The zero-order chi connectivity index (χ0) is 18.5. The molecule has 0 unspecified atom stereocenters. The first kappa shape index (κ1) is 18.1. The van der Waals surface area contributed by atoms with Gasteiger partial charge in [0.1, 0.15) is 23.2 Å². The van der Waals surface area contributed by atoms with Crippen LogP contribution in [-0.2, 0) is 24.4 Å². The molecule has 3 rings (SSSR count). The summed E-state index contributed by atoms with van der Waals surface area (Å²) in [5.74, 6) is -0.478. The van der Waals surface area contributed by atoms with E-state index in [1.54, 1.807) is 7.05 Å². The number of rotatable bonds is 4. The molecule has 0 aliphatic carbocycles. The molecule has 2 aromatic carbocycles. The molecule has 0 atom stereocenters. The third-order valence-corrected chi connectivity index (χ3v) is 3.88. The molecule has 138 valence electrons. The number of hydrogen-bond donors (Lipinski definition) is 2. The number of fused-ring (bicyclic) bond motifs is 1. The van der Waals surface area contributed by atoms with Crippen molar-refractivity contribution in [1.82, 2.24) is 10.6 Å². The van der Waals surface area contributed by atoms with Gasteiger partial charge in [0.15, 0.2) is 12.8 Å². The van der Waals surface area contributed by atoms with Crippen LogP contribution < -0.4 is 15.4 Å². The summed E-state index contributed by atoms with van der Waals surface area (Å²) in [6.45, 7) is 0.684. The van der Waals surface area contributed by atoms with Gasteiger partial charge < -0.3 is 20.1 Å². The average molecular weight is 365 g/mol. The van der Waals surface area contributed by atoms with E-state index in [-0.39, 0.29) is 37.9 Å². The summed E-state index contributed by atoms with van der Waals surface area (Å²) < 4.78 is 51.2. The van der Waals surface area contributed by atoms with Crippen LogP contribution in [0.5, 0.6) is 5.75 Å². The molecule has 0 aromatic heterocycles. The zero-order valence-corrected chi connectivity index (χ0v) is 14.1. The fourth-order valence-electron chi connectivity index (χ4n) is 2.65. The largest absolute Gasteiger partial charge is 0.467 e. The van der Waals surface area contributed by atoms with Crippen LogP contribution in [0.4, 0.5) is 13.2 Å². The van der Waals surface area contributed by atoms with Gasteiger partial charge in [-0.25, -0.2) is 13.2 Å². The first-order chi connectivity index (χ1) is 12.6. The molecule has 1 aliphatic rings. The van der Waals surface area contributed by atoms with E-state index in [0.717, 1.165) is 18.2 Å². The van der Waals surface area contributed by atoms with Crippen LogP contribution >= 0.6 is 0 Å². The van der Waals surface area contributed by atoms with Gasteiger partial charge in [-0.15, -0.1) is 0 Å². The average Bonchev–Trinajstić information content (AvgIpc) is 2.64. The second-order valence-corrected chi connectivity index (χ2v) is 5.68. The highest BCUT2D eigenvalue weighted by Crippen LogP contribution is 2.29. The summed E-state index contributed by atoms with van der Waals surface area (Å²) >= 11 is 0. The van der Waals surface area contributed by atoms with Crippen molar-refractivity contribution in [3.05, 3.63) is 64.5 Å². The minimum Gasteiger partial charge on any atom is -0.467 e. The Kier molecular flexibility index (Phi) is 5.62. The Bertz CT molecular complexity index is 828. The SMILES string of the molecule is CN=C(NCc1cc(F)ccc1F)NCc1cc(F)cc2c1OCOC2. The maximum atomic E-state index is 13.8. The number of aliphatic imine (C=N–C) groups is 1. The Labute approximate surface area is 148 Å². The monoisotopic (exact) mass is 365 g/mol. The summed E-state index contributed by atoms with van der Waals surface area (Å²) in [6.07, 6.45) is 0. The lowest BCUT2D eigenvalue weighted by Crippen LogP contribution is -2.36. The highest BCUT2D eigenvalue weighted by molar-refractivity contribution is 5.79. The molecule has 0 radical (unpaired) electrons. The Morgan fingerprint density at radius 1 is 1.04 bits per heavy atom. The van der Waals surface area contributed by atoms with Gasteiger partial charge in [-0.05, 0) is 30.3 Å². The molecule has 0 saturated carbocycles. The Hall–Kier alpha value is -2.74. The van der Waals surface area contributed by atoms with Gasteiger partial charge in [-0.3, -0.25) is 4.99 Å². The van der Waals surface area contributed by atoms with E-state index in [2.05, 4.69) is 15.6 Å². The van der Waals surface area contributed by atoms with E-state index in [9.17, 15) is 13.2 Å². The number of nitrogens with one attached hydrogen (secondary N) is 2. The first-order valence-corrected chi connectivity index (χ1v) is 7.97. The normalized spacial score (nSPS) is 13.8. The molecule has 2 aromatic rings. The van der Waals surface area contributed by atoms with E-state index < -0.39 is 11.6 Å². The second kappa shape index (κ2) is 8.09. The van der Waals surface area contributed by atoms with Crippen molar-refractivity contribution < 1.29 is 22.6 Å². The van der Waals surface area contributed by atoms with Gasteiger partial charge in [0, 0.05) is 36.8 Å². The van der Waals surface area contributed by atoms with Gasteiger partial charge in [0.25, 0.3) is 0 Å². The van der Waals surface area contributed by atoms with E-state index >= 15 is 0 Å². The molecule has 2 N–H and O–H groups in total. The Morgan fingerprint density at radius 3 is 2.54 bits per heavy atom. The highest BCUT2D eigenvalue weighted by atomic mass is 19.1. The van der Waals surface area contributed by atoms with Crippen molar-refractivity contribution >= 4 is 5.96 Å². The molecule has 26 heavy (non-hydrogen) atoms. The lowest BCUT2D eigenvalue weighted by molar-refractivity contribution is -0.0172. The minimum absolute atomic E-state index is 0.0505. The number of halogens is 3. The standard InChI is InChI=1S/C18H18F3N3O2/c1-22-18(23-7-11-4-14(19)2-3-16(11)21)24-8-12-5-15(20)6-13-9-25-10-26-17(12)13/h2-6H,7-10H2,1H3,(H2,22,23,24). The predicted molar refractivity (Wildman–Crippen MR) is 90.1 cm³/mol. The van der Waals surface area contributed by atoms with E-state index in [0.29, 0.717) is 22.8 Å². The van der Waals surface area contributed by atoms with Gasteiger partial charge in [0.2, 0.25) is 0 Å². The van der Waals surface area contributed by atoms with Crippen LogP contribution in [-0.4, -0.2) is 19.8 Å².